The molecule has 2 unspecified atom stereocenters. The van der Waals surface area contributed by atoms with Gasteiger partial charge in [0.25, 0.3) is 0 Å². The minimum atomic E-state index is -1.25. The number of hydrogen-bond acceptors (Lipinski definition) is 6. The highest BCUT2D eigenvalue weighted by atomic mass is 35.5. The van der Waals surface area contributed by atoms with Crippen LogP contribution in [0.4, 0.5) is 0 Å². The largest absolute Gasteiger partial charge is 0.462 e. The van der Waals surface area contributed by atoms with Crippen molar-refractivity contribution in [3.05, 3.63) is 0 Å². The number of nitrogens with zero attached hydrogens (tertiary/aromatic N) is 1. The van der Waals surface area contributed by atoms with Crippen molar-refractivity contribution in [2.45, 2.75) is 26.1 Å². The number of hydrogen-bond donors (Lipinski definition) is 1. The van der Waals surface area contributed by atoms with E-state index in [1.54, 1.807) is 0 Å². The van der Waals surface area contributed by atoms with E-state index in [0.717, 1.165) is 0 Å². The fourth-order valence-corrected chi connectivity index (χ4v) is 1.28. The third-order valence-corrected chi connectivity index (χ3v) is 2.32. The fraction of sp³-hybridized carbons (Fsp3) is 0.818. The summed E-state index contributed by atoms with van der Waals surface area (Å²) in [5, 5.41) is 8.91. The Hall–Kier alpha value is -0.850. The van der Waals surface area contributed by atoms with Crippen molar-refractivity contribution >= 4 is 23.5 Å². The van der Waals surface area contributed by atoms with Crippen molar-refractivity contribution in [2.75, 3.05) is 32.6 Å². The number of aliphatic hydroxyl groups excluding tert-OH is 1. The molecule has 0 aliphatic heterocycles. The Labute approximate surface area is 112 Å². The smallest absolute Gasteiger partial charge is 0.347 e. The average Bonchev–Trinajstić information content (AvgIpc) is 2.28. The second kappa shape index (κ2) is 9.13. The highest BCUT2D eigenvalue weighted by Crippen LogP contribution is 1.98. The fourth-order valence-electron chi connectivity index (χ4n) is 0.996. The molecule has 106 valence electrons. The van der Waals surface area contributed by atoms with Crippen LogP contribution in [0.15, 0.2) is 0 Å². The summed E-state index contributed by atoms with van der Waals surface area (Å²) in [6.45, 7) is 4.11. The first-order valence-corrected chi connectivity index (χ1v) is 6.21. The van der Waals surface area contributed by atoms with E-state index in [1.807, 2.05) is 11.9 Å². The van der Waals surface area contributed by atoms with E-state index in [2.05, 4.69) is 4.74 Å². The second-order valence-corrected chi connectivity index (χ2v) is 4.29. The highest BCUT2D eigenvalue weighted by Gasteiger charge is 2.21. The maximum absolute atomic E-state index is 11.4. The molecule has 0 radical (unpaired) electrons. The number of carbonyl (C=O) groups is 2. The molecule has 0 saturated heterocycles. The van der Waals surface area contributed by atoms with Crippen LogP contribution in [0.5, 0.6) is 0 Å². The van der Waals surface area contributed by atoms with Crippen molar-refractivity contribution in [1.82, 2.24) is 4.90 Å². The number of carbonyl (C=O) groups excluding carboxylic acids is 2. The third kappa shape index (κ3) is 7.47. The molecular formula is C11H20ClNO5. The molecule has 18 heavy (non-hydrogen) atoms. The average molecular weight is 282 g/mol. The Morgan fingerprint density at radius 1 is 1.28 bits per heavy atom. The molecule has 0 amide bonds. The van der Waals surface area contributed by atoms with Gasteiger partial charge in [0.1, 0.15) is 12.7 Å². The molecule has 0 aromatic carbocycles. The third-order valence-electron chi connectivity index (χ3n) is 2.15. The van der Waals surface area contributed by atoms with Gasteiger partial charge in [-0.15, -0.1) is 11.6 Å². The summed E-state index contributed by atoms with van der Waals surface area (Å²) in [4.78, 5) is 24.3. The van der Waals surface area contributed by atoms with Crippen LogP contribution >= 0.6 is 11.6 Å². The Bertz CT molecular complexity index is 272. The SMILES string of the molecule is CC(O)C(=O)OC(C)C(=O)OCCN(C)CCCl. The summed E-state index contributed by atoms with van der Waals surface area (Å²) >= 11 is 5.54. The number of likely N-dealkylation sites (N-methyl/N-ethyl adjacent to an activating group) is 1. The summed E-state index contributed by atoms with van der Waals surface area (Å²) in [6, 6.07) is 0. The van der Waals surface area contributed by atoms with Crippen LogP contribution in [0.1, 0.15) is 13.8 Å². The van der Waals surface area contributed by atoms with E-state index in [4.69, 9.17) is 21.4 Å². The Kier molecular flexibility index (Phi) is 8.70. The maximum Gasteiger partial charge on any atom is 0.347 e. The molecule has 6 nitrogen and oxygen atoms in total. The summed E-state index contributed by atoms with van der Waals surface area (Å²) in [5.41, 5.74) is 0. The zero-order chi connectivity index (χ0) is 14.1. The van der Waals surface area contributed by atoms with Crippen LogP contribution in [-0.2, 0) is 19.1 Å². The van der Waals surface area contributed by atoms with Gasteiger partial charge in [-0.2, -0.15) is 0 Å². The number of alkyl halides is 1. The number of esters is 2. The lowest BCUT2D eigenvalue weighted by molar-refractivity contribution is -0.171. The zero-order valence-corrected chi connectivity index (χ0v) is 11.6. The van der Waals surface area contributed by atoms with E-state index in [-0.39, 0.29) is 6.61 Å². The molecule has 1 N–H and O–H groups in total. The Morgan fingerprint density at radius 2 is 1.89 bits per heavy atom. The molecule has 0 saturated carbocycles. The standard InChI is InChI=1S/C11H20ClNO5/c1-8(14)10(15)18-9(2)11(16)17-7-6-13(3)5-4-12/h8-9,14H,4-7H2,1-3H3. The van der Waals surface area contributed by atoms with E-state index >= 15 is 0 Å². The summed E-state index contributed by atoms with van der Waals surface area (Å²) < 4.78 is 9.60. The van der Waals surface area contributed by atoms with Crippen molar-refractivity contribution in [1.29, 1.82) is 0 Å². The Morgan fingerprint density at radius 3 is 2.39 bits per heavy atom. The quantitative estimate of drug-likeness (QED) is 0.499. The predicted octanol–water partition coefficient (Wildman–Crippen LogP) is 0.0127. The molecular weight excluding hydrogens is 262 g/mol. The minimum Gasteiger partial charge on any atom is -0.462 e. The number of halogens is 1. The van der Waals surface area contributed by atoms with Crippen LogP contribution in [0.3, 0.4) is 0 Å². The van der Waals surface area contributed by atoms with Gasteiger partial charge in [0.15, 0.2) is 6.10 Å². The summed E-state index contributed by atoms with van der Waals surface area (Å²) in [5.74, 6) is -0.977. The molecule has 2 atom stereocenters. The molecule has 0 rings (SSSR count). The lowest BCUT2D eigenvalue weighted by Crippen LogP contribution is -2.32. The maximum atomic E-state index is 11.4. The monoisotopic (exact) mass is 281 g/mol. The minimum absolute atomic E-state index is 0.197. The van der Waals surface area contributed by atoms with Crippen molar-refractivity contribution in [3.8, 4) is 0 Å². The molecule has 0 aromatic rings. The normalized spacial score (nSPS) is 14.1. The van der Waals surface area contributed by atoms with Gasteiger partial charge in [-0.05, 0) is 20.9 Å². The van der Waals surface area contributed by atoms with Crippen molar-refractivity contribution in [3.63, 3.8) is 0 Å². The Balaban J connectivity index is 3.84. The molecule has 0 heterocycles. The number of aliphatic hydroxyl groups is 1. The summed E-state index contributed by atoms with van der Waals surface area (Å²) in [6.07, 6.45) is -2.28. The molecule has 0 spiro atoms. The molecule has 7 heteroatoms. The predicted molar refractivity (Wildman–Crippen MR) is 66.4 cm³/mol. The van der Waals surface area contributed by atoms with Crippen molar-refractivity contribution < 1.29 is 24.2 Å². The van der Waals surface area contributed by atoms with Gasteiger partial charge >= 0.3 is 11.9 Å². The van der Waals surface area contributed by atoms with E-state index in [0.29, 0.717) is 19.0 Å². The lowest BCUT2D eigenvalue weighted by atomic mass is 10.4. The number of rotatable bonds is 8. The molecule has 0 fully saturated rings. The van der Waals surface area contributed by atoms with E-state index in [9.17, 15) is 9.59 Å². The van der Waals surface area contributed by atoms with Crippen LogP contribution in [0.25, 0.3) is 0 Å². The molecule has 0 aromatic heterocycles. The summed E-state index contributed by atoms with van der Waals surface area (Å²) in [7, 11) is 1.85. The first-order chi connectivity index (χ1) is 8.38. The van der Waals surface area contributed by atoms with Gasteiger partial charge in [0, 0.05) is 19.0 Å². The second-order valence-electron chi connectivity index (χ2n) is 3.91. The zero-order valence-electron chi connectivity index (χ0n) is 10.9. The van der Waals surface area contributed by atoms with E-state index in [1.165, 1.54) is 13.8 Å². The van der Waals surface area contributed by atoms with Gasteiger partial charge in [0.2, 0.25) is 0 Å². The first-order valence-electron chi connectivity index (χ1n) is 5.68. The number of ether oxygens (including phenoxy) is 2. The topological polar surface area (TPSA) is 76.1 Å². The molecule has 0 bridgehead atoms. The van der Waals surface area contributed by atoms with E-state index < -0.39 is 24.1 Å². The van der Waals surface area contributed by atoms with Gasteiger partial charge < -0.3 is 19.5 Å². The van der Waals surface area contributed by atoms with Gasteiger partial charge in [-0.1, -0.05) is 0 Å². The van der Waals surface area contributed by atoms with Gasteiger partial charge in [-0.25, -0.2) is 9.59 Å². The highest BCUT2D eigenvalue weighted by molar-refractivity contribution is 6.18. The van der Waals surface area contributed by atoms with Crippen molar-refractivity contribution in [2.24, 2.45) is 0 Å². The molecule has 0 aliphatic carbocycles. The van der Waals surface area contributed by atoms with Gasteiger partial charge in [0.05, 0.1) is 0 Å². The molecule has 0 aliphatic rings. The van der Waals surface area contributed by atoms with Crippen LogP contribution in [0, 0.1) is 0 Å². The van der Waals surface area contributed by atoms with Gasteiger partial charge in [-0.3, -0.25) is 0 Å². The van der Waals surface area contributed by atoms with Crippen LogP contribution < -0.4 is 0 Å². The lowest BCUT2D eigenvalue weighted by Gasteiger charge is -2.17. The van der Waals surface area contributed by atoms with Crippen LogP contribution in [-0.4, -0.2) is 66.8 Å². The first kappa shape index (κ1) is 17.2. The van der Waals surface area contributed by atoms with Crippen LogP contribution in [0.2, 0.25) is 0 Å².